The van der Waals surface area contributed by atoms with E-state index in [-0.39, 0.29) is 0 Å². The van der Waals surface area contributed by atoms with Gasteiger partial charge in [-0.15, -0.1) is 11.6 Å². The second-order valence-corrected chi connectivity index (χ2v) is 5.95. The van der Waals surface area contributed by atoms with Crippen LogP contribution in [-0.2, 0) is 13.0 Å². The van der Waals surface area contributed by atoms with E-state index in [0.717, 1.165) is 54.4 Å². The minimum absolute atomic E-state index is 0.591. The molecule has 0 spiro atoms. The average molecular weight is 313 g/mol. The first-order chi connectivity index (χ1) is 9.81. The summed E-state index contributed by atoms with van der Waals surface area (Å²) in [6.45, 7) is 3.79. The van der Waals surface area contributed by atoms with E-state index in [9.17, 15) is 0 Å². The summed E-state index contributed by atoms with van der Waals surface area (Å²) in [5.74, 6) is 3.59. The molecule has 0 radical (unpaired) electrons. The van der Waals surface area contributed by atoms with Gasteiger partial charge in [-0.25, -0.2) is 4.98 Å². The normalized spacial score (nSPS) is 11.2. The van der Waals surface area contributed by atoms with Gasteiger partial charge in [-0.05, 0) is 24.8 Å². The van der Waals surface area contributed by atoms with Gasteiger partial charge in [0.25, 0.3) is 0 Å². The van der Waals surface area contributed by atoms with Crippen LogP contribution in [0.15, 0.2) is 18.2 Å². The fourth-order valence-corrected chi connectivity index (χ4v) is 2.74. The van der Waals surface area contributed by atoms with E-state index in [4.69, 9.17) is 21.3 Å². The first-order valence-corrected chi connectivity index (χ1v) is 8.90. The molecule has 1 aromatic heterocycles. The van der Waals surface area contributed by atoms with Crippen LogP contribution in [0.1, 0.15) is 19.2 Å². The average Bonchev–Trinajstić information content (AvgIpc) is 2.81. The van der Waals surface area contributed by atoms with Crippen LogP contribution in [0.5, 0.6) is 5.75 Å². The number of imidazole rings is 1. The maximum Gasteiger partial charge on any atom is 0.147 e. The molecule has 2 rings (SSSR count). The van der Waals surface area contributed by atoms with Crippen LogP contribution in [0, 0.1) is 0 Å². The first-order valence-electron chi connectivity index (χ1n) is 6.97. The molecule has 0 aliphatic heterocycles. The molecule has 0 atom stereocenters. The molecule has 0 N–H and O–H groups in total. The zero-order valence-corrected chi connectivity index (χ0v) is 13.6. The van der Waals surface area contributed by atoms with Crippen LogP contribution in [0.2, 0.25) is 0 Å². The molecule has 0 saturated carbocycles. The van der Waals surface area contributed by atoms with Crippen molar-refractivity contribution in [2.75, 3.05) is 24.5 Å². The predicted molar refractivity (Wildman–Crippen MR) is 88.3 cm³/mol. The Hall–Kier alpha value is -0.870. The SMILES string of the molecule is CCCOc1cccc2c1nc(CCCl)n2CCSC. The van der Waals surface area contributed by atoms with Crippen LogP contribution < -0.4 is 4.74 Å². The van der Waals surface area contributed by atoms with Crippen LogP contribution in [0.25, 0.3) is 11.0 Å². The fraction of sp³-hybridized carbons (Fsp3) is 0.533. The number of nitrogens with zero attached hydrogens (tertiary/aromatic N) is 2. The number of rotatable bonds is 8. The molecule has 0 unspecified atom stereocenters. The molecule has 0 saturated heterocycles. The number of alkyl halides is 1. The van der Waals surface area contributed by atoms with Crippen molar-refractivity contribution in [2.24, 2.45) is 0 Å². The van der Waals surface area contributed by atoms with Crippen molar-refractivity contribution in [3.63, 3.8) is 0 Å². The van der Waals surface area contributed by atoms with E-state index >= 15 is 0 Å². The van der Waals surface area contributed by atoms with Gasteiger partial charge in [-0.2, -0.15) is 11.8 Å². The summed E-state index contributed by atoms with van der Waals surface area (Å²) in [5.41, 5.74) is 2.11. The third-order valence-electron chi connectivity index (χ3n) is 3.12. The summed E-state index contributed by atoms with van der Waals surface area (Å²) >= 11 is 7.74. The zero-order chi connectivity index (χ0) is 14.4. The summed E-state index contributed by atoms with van der Waals surface area (Å²) in [7, 11) is 0. The number of aromatic nitrogens is 2. The Labute approximate surface area is 129 Å². The van der Waals surface area contributed by atoms with Gasteiger partial charge in [0.1, 0.15) is 17.1 Å². The molecule has 1 aromatic carbocycles. The van der Waals surface area contributed by atoms with Crippen LogP contribution in [0.4, 0.5) is 0 Å². The van der Waals surface area contributed by atoms with Crippen molar-refractivity contribution in [2.45, 2.75) is 26.3 Å². The number of benzene rings is 1. The number of fused-ring (bicyclic) bond motifs is 1. The first kappa shape index (κ1) is 15.5. The summed E-state index contributed by atoms with van der Waals surface area (Å²) in [6, 6.07) is 6.14. The van der Waals surface area contributed by atoms with Crippen molar-refractivity contribution >= 4 is 34.4 Å². The van der Waals surface area contributed by atoms with E-state index in [2.05, 4.69) is 23.8 Å². The number of aryl methyl sites for hydroxylation is 2. The molecule has 0 bridgehead atoms. The summed E-state index contributed by atoms with van der Waals surface area (Å²) in [5, 5.41) is 0. The maximum absolute atomic E-state index is 5.90. The quantitative estimate of drug-likeness (QED) is 0.690. The molecule has 110 valence electrons. The van der Waals surface area contributed by atoms with E-state index in [0.29, 0.717) is 5.88 Å². The van der Waals surface area contributed by atoms with Gasteiger partial charge in [-0.3, -0.25) is 0 Å². The maximum atomic E-state index is 5.90. The number of hydrogen-bond acceptors (Lipinski definition) is 3. The number of thioether (sulfide) groups is 1. The second-order valence-electron chi connectivity index (χ2n) is 4.58. The Morgan fingerprint density at radius 2 is 2.25 bits per heavy atom. The third kappa shape index (κ3) is 3.41. The largest absolute Gasteiger partial charge is 0.491 e. The number of halogens is 1. The van der Waals surface area contributed by atoms with Gasteiger partial charge in [-0.1, -0.05) is 13.0 Å². The topological polar surface area (TPSA) is 27.1 Å². The van der Waals surface area contributed by atoms with Crippen molar-refractivity contribution in [3.05, 3.63) is 24.0 Å². The molecule has 0 fully saturated rings. The summed E-state index contributed by atoms with van der Waals surface area (Å²) in [4.78, 5) is 4.75. The lowest BCUT2D eigenvalue weighted by atomic mass is 10.3. The predicted octanol–water partition coefficient (Wildman–Crippen LogP) is 3.97. The standard InChI is InChI=1S/C15H21ClN2OS/c1-3-10-19-13-6-4-5-12-15(13)17-14(7-8-16)18(12)9-11-20-2/h4-6H,3,7-11H2,1-2H3. The molecule has 3 nitrogen and oxygen atoms in total. The molecule has 1 heterocycles. The van der Waals surface area contributed by atoms with Crippen molar-refractivity contribution in [1.29, 1.82) is 0 Å². The Balaban J connectivity index is 2.42. The molecule has 0 aliphatic carbocycles. The lowest BCUT2D eigenvalue weighted by Crippen LogP contribution is -2.06. The van der Waals surface area contributed by atoms with Gasteiger partial charge in [0.15, 0.2) is 0 Å². The van der Waals surface area contributed by atoms with Gasteiger partial charge in [0.05, 0.1) is 12.1 Å². The summed E-state index contributed by atoms with van der Waals surface area (Å²) < 4.78 is 8.08. The highest BCUT2D eigenvalue weighted by Gasteiger charge is 2.13. The Morgan fingerprint density at radius 1 is 1.40 bits per heavy atom. The highest BCUT2D eigenvalue weighted by Crippen LogP contribution is 2.27. The minimum Gasteiger partial charge on any atom is -0.491 e. The molecule has 0 aliphatic rings. The minimum atomic E-state index is 0.591. The lowest BCUT2D eigenvalue weighted by molar-refractivity contribution is 0.320. The Bertz CT molecular complexity index is 556. The smallest absolute Gasteiger partial charge is 0.147 e. The number of ether oxygens (including phenoxy) is 1. The highest BCUT2D eigenvalue weighted by atomic mass is 35.5. The van der Waals surface area contributed by atoms with Gasteiger partial charge in [0, 0.05) is 24.6 Å². The molecular formula is C15H21ClN2OS. The monoisotopic (exact) mass is 312 g/mol. The van der Waals surface area contributed by atoms with Crippen molar-refractivity contribution < 1.29 is 4.74 Å². The second kappa shape index (κ2) is 7.79. The molecule has 5 heteroatoms. The summed E-state index contributed by atoms with van der Waals surface area (Å²) in [6.07, 6.45) is 3.91. The Kier molecular flexibility index (Phi) is 6.05. The molecule has 20 heavy (non-hydrogen) atoms. The van der Waals surface area contributed by atoms with Gasteiger partial charge >= 0.3 is 0 Å². The van der Waals surface area contributed by atoms with Crippen LogP contribution in [0.3, 0.4) is 0 Å². The van der Waals surface area contributed by atoms with E-state index in [1.165, 1.54) is 0 Å². The molecular weight excluding hydrogens is 292 g/mol. The molecule has 0 amide bonds. The number of hydrogen-bond donors (Lipinski definition) is 0. The van der Waals surface area contributed by atoms with Crippen LogP contribution >= 0.6 is 23.4 Å². The van der Waals surface area contributed by atoms with Gasteiger partial charge < -0.3 is 9.30 Å². The van der Waals surface area contributed by atoms with Gasteiger partial charge in [0.2, 0.25) is 0 Å². The van der Waals surface area contributed by atoms with E-state index in [1.807, 2.05) is 23.9 Å². The number of para-hydroxylation sites is 1. The van der Waals surface area contributed by atoms with Crippen molar-refractivity contribution in [3.8, 4) is 5.75 Å². The lowest BCUT2D eigenvalue weighted by Gasteiger charge is -2.08. The fourth-order valence-electron chi connectivity index (χ4n) is 2.21. The Morgan fingerprint density at radius 3 is 2.95 bits per heavy atom. The highest BCUT2D eigenvalue weighted by molar-refractivity contribution is 7.98. The molecule has 2 aromatic rings. The van der Waals surface area contributed by atoms with E-state index in [1.54, 1.807) is 0 Å². The zero-order valence-electron chi connectivity index (χ0n) is 12.1. The van der Waals surface area contributed by atoms with Crippen molar-refractivity contribution in [1.82, 2.24) is 9.55 Å². The van der Waals surface area contributed by atoms with Crippen LogP contribution in [-0.4, -0.2) is 34.0 Å². The third-order valence-corrected chi connectivity index (χ3v) is 3.90. The van der Waals surface area contributed by atoms with E-state index < -0.39 is 0 Å².